The zero-order valence-electron chi connectivity index (χ0n) is 13.1. The molecule has 4 nitrogen and oxygen atoms in total. The van der Waals surface area contributed by atoms with E-state index < -0.39 is 5.66 Å². The van der Waals surface area contributed by atoms with E-state index in [1.807, 2.05) is 29.2 Å². The first-order chi connectivity index (χ1) is 11.8. The largest absolute Gasteiger partial charge is 0.323 e. The monoisotopic (exact) mass is 315 g/mol. The third-order valence-corrected chi connectivity index (χ3v) is 5.10. The van der Waals surface area contributed by atoms with Crippen LogP contribution in [0.3, 0.4) is 0 Å². The van der Waals surface area contributed by atoms with Gasteiger partial charge in [-0.05, 0) is 16.8 Å². The molecule has 0 aliphatic carbocycles. The lowest BCUT2D eigenvalue weighted by Gasteiger charge is -2.44. The molecule has 2 aliphatic heterocycles. The van der Waals surface area contributed by atoms with Crippen molar-refractivity contribution in [3.63, 3.8) is 0 Å². The SMILES string of the molecule is O=C1Nc2ccccc2C2(c3cccc4ccccc34)NCCN12. The van der Waals surface area contributed by atoms with Crippen molar-refractivity contribution in [3.8, 4) is 0 Å². The van der Waals surface area contributed by atoms with Crippen LogP contribution in [0.15, 0.2) is 66.7 Å². The van der Waals surface area contributed by atoms with Gasteiger partial charge in [-0.3, -0.25) is 10.2 Å². The van der Waals surface area contributed by atoms with E-state index in [2.05, 4.69) is 53.1 Å². The van der Waals surface area contributed by atoms with E-state index in [4.69, 9.17) is 0 Å². The number of urea groups is 1. The minimum Gasteiger partial charge on any atom is -0.307 e. The molecule has 2 heterocycles. The smallest absolute Gasteiger partial charge is 0.307 e. The predicted molar refractivity (Wildman–Crippen MR) is 94.9 cm³/mol. The summed E-state index contributed by atoms with van der Waals surface area (Å²) < 4.78 is 0. The van der Waals surface area contributed by atoms with E-state index >= 15 is 0 Å². The van der Waals surface area contributed by atoms with E-state index in [-0.39, 0.29) is 6.03 Å². The number of carbonyl (C=O) groups is 1. The maximum Gasteiger partial charge on any atom is 0.323 e. The molecule has 1 atom stereocenters. The van der Waals surface area contributed by atoms with Gasteiger partial charge in [-0.25, -0.2) is 4.79 Å². The Morgan fingerprint density at radius 3 is 2.58 bits per heavy atom. The number of carbonyl (C=O) groups excluding carboxylic acids is 1. The Kier molecular flexibility index (Phi) is 2.73. The normalized spacial score (nSPS) is 22.2. The summed E-state index contributed by atoms with van der Waals surface area (Å²) in [5.41, 5.74) is 2.49. The number of hydrogen-bond donors (Lipinski definition) is 2. The van der Waals surface area contributed by atoms with Crippen molar-refractivity contribution in [1.82, 2.24) is 10.2 Å². The Morgan fingerprint density at radius 2 is 1.62 bits per heavy atom. The first-order valence-corrected chi connectivity index (χ1v) is 8.22. The zero-order chi connectivity index (χ0) is 16.1. The third-order valence-electron chi connectivity index (χ3n) is 5.10. The third kappa shape index (κ3) is 1.63. The van der Waals surface area contributed by atoms with Gasteiger partial charge in [0, 0.05) is 29.9 Å². The van der Waals surface area contributed by atoms with Crippen molar-refractivity contribution in [3.05, 3.63) is 77.9 Å². The molecule has 118 valence electrons. The maximum absolute atomic E-state index is 12.7. The second-order valence-electron chi connectivity index (χ2n) is 6.29. The van der Waals surface area contributed by atoms with Gasteiger partial charge in [0.2, 0.25) is 0 Å². The van der Waals surface area contributed by atoms with Crippen molar-refractivity contribution in [2.24, 2.45) is 0 Å². The Hall–Kier alpha value is -2.85. The van der Waals surface area contributed by atoms with Crippen LogP contribution in [-0.2, 0) is 5.66 Å². The highest BCUT2D eigenvalue weighted by Crippen LogP contribution is 2.45. The van der Waals surface area contributed by atoms with Crippen LogP contribution < -0.4 is 10.6 Å². The number of fused-ring (bicyclic) bond motifs is 4. The summed E-state index contributed by atoms with van der Waals surface area (Å²) >= 11 is 0. The molecule has 1 unspecified atom stereocenters. The number of amides is 2. The average Bonchev–Trinajstić information content (AvgIpc) is 3.08. The maximum atomic E-state index is 12.7. The Balaban J connectivity index is 1.88. The molecule has 24 heavy (non-hydrogen) atoms. The summed E-state index contributed by atoms with van der Waals surface area (Å²) in [6.07, 6.45) is 0. The quantitative estimate of drug-likeness (QED) is 0.722. The minimum atomic E-state index is -0.611. The van der Waals surface area contributed by atoms with E-state index in [0.29, 0.717) is 6.54 Å². The molecule has 4 heteroatoms. The van der Waals surface area contributed by atoms with Crippen molar-refractivity contribution >= 4 is 22.5 Å². The lowest BCUT2D eigenvalue weighted by molar-refractivity contribution is 0.166. The second kappa shape index (κ2) is 4.82. The molecular weight excluding hydrogens is 298 g/mol. The number of nitrogens with one attached hydrogen (secondary N) is 2. The van der Waals surface area contributed by atoms with Gasteiger partial charge >= 0.3 is 6.03 Å². The van der Waals surface area contributed by atoms with E-state index in [0.717, 1.165) is 23.4 Å². The van der Waals surface area contributed by atoms with Crippen molar-refractivity contribution in [1.29, 1.82) is 0 Å². The van der Waals surface area contributed by atoms with Gasteiger partial charge in [0.25, 0.3) is 0 Å². The molecule has 2 N–H and O–H groups in total. The number of para-hydroxylation sites is 1. The predicted octanol–water partition coefficient (Wildman–Crippen LogP) is 3.49. The molecule has 0 aromatic heterocycles. The molecular formula is C20H17N3O. The summed E-state index contributed by atoms with van der Waals surface area (Å²) in [4.78, 5) is 14.6. The van der Waals surface area contributed by atoms with Crippen LogP contribution in [0, 0.1) is 0 Å². The van der Waals surface area contributed by atoms with Gasteiger partial charge in [-0.1, -0.05) is 60.7 Å². The van der Waals surface area contributed by atoms with Gasteiger partial charge in [-0.15, -0.1) is 0 Å². The molecule has 5 rings (SSSR count). The van der Waals surface area contributed by atoms with E-state index in [1.54, 1.807) is 0 Å². The van der Waals surface area contributed by atoms with Crippen LogP contribution in [0.2, 0.25) is 0 Å². The highest BCUT2D eigenvalue weighted by molar-refractivity contribution is 5.97. The number of benzene rings is 3. The fraction of sp³-hybridized carbons (Fsp3) is 0.150. The summed E-state index contributed by atoms with van der Waals surface area (Å²) in [6, 6.07) is 22.7. The molecule has 3 aromatic carbocycles. The lowest BCUT2D eigenvalue weighted by Crippen LogP contribution is -2.56. The Morgan fingerprint density at radius 1 is 0.875 bits per heavy atom. The molecule has 2 aliphatic rings. The Bertz CT molecular complexity index is 963. The first-order valence-electron chi connectivity index (χ1n) is 8.22. The Labute approximate surface area is 140 Å². The number of nitrogens with zero attached hydrogens (tertiary/aromatic N) is 1. The molecule has 0 bridgehead atoms. The number of hydrogen-bond acceptors (Lipinski definition) is 2. The van der Waals surface area contributed by atoms with Crippen LogP contribution in [-0.4, -0.2) is 24.0 Å². The van der Waals surface area contributed by atoms with Crippen LogP contribution in [0.4, 0.5) is 10.5 Å². The summed E-state index contributed by atoms with van der Waals surface area (Å²) in [6.45, 7) is 1.45. The fourth-order valence-electron chi connectivity index (χ4n) is 4.12. The van der Waals surface area contributed by atoms with Crippen molar-refractivity contribution < 1.29 is 4.79 Å². The summed E-state index contributed by atoms with van der Waals surface area (Å²) in [5, 5.41) is 9.01. The summed E-state index contributed by atoms with van der Waals surface area (Å²) in [7, 11) is 0. The van der Waals surface area contributed by atoms with Crippen LogP contribution in [0.25, 0.3) is 10.8 Å². The number of rotatable bonds is 1. The first kappa shape index (κ1) is 13.6. The van der Waals surface area contributed by atoms with Gasteiger partial charge in [0.15, 0.2) is 5.66 Å². The molecule has 1 fully saturated rings. The molecule has 0 saturated carbocycles. The highest BCUT2D eigenvalue weighted by Gasteiger charge is 2.51. The molecule has 1 saturated heterocycles. The second-order valence-corrected chi connectivity index (χ2v) is 6.29. The highest BCUT2D eigenvalue weighted by atomic mass is 16.2. The standard InChI is InChI=1S/C20H17N3O/c24-19-22-18-11-4-3-9-17(18)20(21-12-13-23(19)20)16-10-5-7-14-6-1-2-8-15(14)16/h1-11,21H,12-13H2,(H,22,24). The van der Waals surface area contributed by atoms with E-state index in [1.165, 1.54) is 10.8 Å². The van der Waals surface area contributed by atoms with Crippen LogP contribution >= 0.6 is 0 Å². The fourth-order valence-corrected chi connectivity index (χ4v) is 4.12. The van der Waals surface area contributed by atoms with Gasteiger partial charge in [-0.2, -0.15) is 0 Å². The van der Waals surface area contributed by atoms with Gasteiger partial charge in [0.05, 0.1) is 0 Å². The van der Waals surface area contributed by atoms with E-state index in [9.17, 15) is 4.79 Å². The van der Waals surface area contributed by atoms with Crippen molar-refractivity contribution in [2.45, 2.75) is 5.66 Å². The topological polar surface area (TPSA) is 44.4 Å². The summed E-state index contributed by atoms with van der Waals surface area (Å²) in [5.74, 6) is 0. The lowest BCUT2D eigenvalue weighted by atomic mass is 9.85. The average molecular weight is 315 g/mol. The molecule has 0 spiro atoms. The number of anilines is 1. The van der Waals surface area contributed by atoms with Crippen LogP contribution in [0.1, 0.15) is 11.1 Å². The van der Waals surface area contributed by atoms with Gasteiger partial charge < -0.3 is 5.32 Å². The molecule has 3 aromatic rings. The molecule has 2 amide bonds. The van der Waals surface area contributed by atoms with Gasteiger partial charge in [0.1, 0.15) is 0 Å². The van der Waals surface area contributed by atoms with Crippen molar-refractivity contribution in [2.75, 3.05) is 18.4 Å². The van der Waals surface area contributed by atoms with Crippen LogP contribution in [0.5, 0.6) is 0 Å². The zero-order valence-corrected chi connectivity index (χ0v) is 13.1. The minimum absolute atomic E-state index is 0.0494. The molecule has 0 radical (unpaired) electrons.